The van der Waals surface area contributed by atoms with Gasteiger partial charge < -0.3 is 0 Å². The van der Waals surface area contributed by atoms with Crippen LogP contribution < -0.4 is 0 Å². The maximum atomic E-state index is 12.2. The number of hydrogen-bond donors (Lipinski definition) is 0. The van der Waals surface area contributed by atoms with Gasteiger partial charge in [0.25, 0.3) is 0 Å². The Morgan fingerprint density at radius 2 is 1.52 bits per heavy atom. The molecule has 0 spiro atoms. The molecule has 0 aliphatic carbocycles. The third kappa shape index (κ3) is 3.84. The molecule has 0 N–H and O–H groups in total. The van der Waals surface area contributed by atoms with Crippen molar-refractivity contribution in [1.82, 2.24) is 0 Å². The Bertz CT molecular complexity index is 717. The average Bonchev–Trinajstić information content (AvgIpc) is 2.96. The van der Waals surface area contributed by atoms with E-state index in [4.69, 9.17) is 0 Å². The molecule has 0 fully saturated rings. The van der Waals surface area contributed by atoms with Gasteiger partial charge in [-0.3, -0.25) is 4.79 Å². The van der Waals surface area contributed by atoms with Gasteiger partial charge in [0.2, 0.25) is 0 Å². The van der Waals surface area contributed by atoms with Crippen LogP contribution in [0.4, 0.5) is 0 Å². The van der Waals surface area contributed by atoms with Crippen LogP contribution in [-0.2, 0) is 6.42 Å². The van der Waals surface area contributed by atoms with Crippen molar-refractivity contribution >= 4 is 28.9 Å². The zero-order valence-electron chi connectivity index (χ0n) is 11.4. The third-order valence-electron chi connectivity index (χ3n) is 3.03. The predicted octanol–water partition coefficient (Wildman–Crippen LogP) is 5.32. The molecule has 104 valence electrons. The van der Waals surface area contributed by atoms with E-state index >= 15 is 0 Å². The number of carbonyl (C=O) groups is 1. The van der Waals surface area contributed by atoms with Crippen LogP contribution in [0.3, 0.4) is 0 Å². The summed E-state index contributed by atoms with van der Waals surface area (Å²) < 4.78 is 1.22. The Kier molecular flexibility index (Phi) is 4.53. The van der Waals surface area contributed by atoms with E-state index in [0.717, 1.165) is 10.4 Å². The Morgan fingerprint density at radius 1 is 0.857 bits per heavy atom. The van der Waals surface area contributed by atoms with Gasteiger partial charge in [0.1, 0.15) is 0 Å². The smallest absolute Gasteiger partial charge is 0.168 e. The predicted molar refractivity (Wildman–Crippen MR) is 89.4 cm³/mol. The fourth-order valence-corrected chi connectivity index (χ4v) is 4.17. The number of hydrogen-bond acceptors (Lipinski definition) is 3. The first-order chi connectivity index (χ1) is 10.3. The second kappa shape index (κ2) is 6.74. The average molecular weight is 310 g/mol. The lowest BCUT2D eigenvalue weighted by Gasteiger charge is -1.99. The standard InChI is InChI=1S/C18H14OS2/c19-17(14-7-3-1-4-8-14)13-16-11-12-18(21-16)20-15-9-5-2-6-10-15/h1-12H,13H2. The number of benzene rings is 2. The van der Waals surface area contributed by atoms with Gasteiger partial charge in [-0.05, 0) is 24.3 Å². The molecule has 3 rings (SSSR count). The molecule has 0 amide bonds. The van der Waals surface area contributed by atoms with Crippen LogP contribution in [0, 0.1) is 0 Å². The fraction of sp³-hybridized carbons (Fsp3) is 0.0556. The van der Waals surface area contributed by atoms with Crippen molar-refractivity contribution in [3.8, 4) is 0 Å². The summed E-state index contributed by atoms with van der Waals surface area (Å²) in [7, 11) is 0. The van der Waals surface area contributed by atoms with Crippen LogP contribution in [0.15, 0.2) is 81.9 Å². The summed E-state index contributed by atoms with van der Waals surface area (Å²) in [6.45, 7) is 0. The molecule has 1 heterocycles. The van der Waals surface area contributed by atoms with Crippen molar-refractivity contribution in [3.63, 3.8) is 0 Å². The topological polar surface area (TPSA) is 17.1 Å². The first kappa shape index (κ1) is 14.1. The maximum absolute atomic E-state index is 12.2. The van der Waals surface area contributed by atoms with E-state index in [1.54, 1.807) is 23.1 Å². The normalized spacial score (nSPS) is 10.5. The quantitative estimate of drug-likeness (QED) is 0.593. The second-order valence-corrected chi connectivity index (χ2v) is 7.14. The number of carbonyl (C=O) groups excluding carboxylic acids is 1. The summed E-state index contributed by atoms with van der Waals surface area (Å²) >= 11 is 3.43. The summed E-state index contributed by atoms with van der Waals surface area (Å²) in [5.41, 5.74) is 0.781. The Morgan fingerprint density at radius 3 is 2.24 bits per heavy atom. The van der Waals surface area contributed by atoms with Gasteiger partial charge in [-0.2, -0.15) is 0 Å². The third-order valence-corrected chi connectivity index (χ3v) is 5.25. The van der Waals surface area contributed by atoms with Crippen molar-refractivity contribution < 1.29 is 4.79 Å². The zero-order chi connectivity index (χ0) is 14.5. The lowest BCUT2D eigenvalue weighted by atomic mass is 10.1. The summed E-state index contributed by atoms with van der Waals surface area (Å²) in [5.74, 6) is 0.175. The second-order valence-electron chi connectivity index (χ2n) is 4.60. The van der Waals surface area contributed by atoms with Crippen molar-refractivity contribution in [2.75, 3.05) is 0 Å². The van der Waals surface area contributed by atoms with Gasteiger partial charge in [-0.25, -0.2) is 0 Å². The van der Waals surface area contributed by atoms with Crippen molar-refractivity contribution in [3.05, 3.63) is 83.2 Å². The van der Waals surface area contributed by atoms with Crippen LogP contribution in [-0.4, -0.2) is 5.78 Å². The molecule has 0 atom stereocenters. The molecule has 0 bridgehead atoms. The largest absolute Gasteiger partial charge is 0.294 e. The minimum Gasteiger partial charge on any atom is -0.294 e. The van der Waals surface area contributed by atoms with E-state index in [0.29, 0.717) is 6.42 Å². The van der Waals surface area contributed by atoms with Crippen molar-refractivity contribution in [1.29, 1.82) is 0 Å². The Balaban J connectivity index is 1.67. The molecule has 0 radical (unpaired) electrons. The minimum absolute atomic E-state index is 0.175. The number of rotatable bonds is 5. The van der Waals surface area contributed by atoms with E-state index in [-0.39, 0.29) is 5.78 Å². The lowest BCUT2D eigenvalue weighted by Crippen LogP contribution is -2.01. The van der Waals surface area contributed by atoms with Gasteiger partial charge in [0.15, 0.2) is 5.78 Å². The van der Waals surface area contributed by atoms with E-state index in [1.807, 2.05) is 48.5 Å². The van der Waals surface area contributed by atoms with Crippen LogP contribution in [0.2, 0.25) is 0 Å². The summed E-state index contributed by atoms with van der Waals surface area (Å²) in [4.78, 5) is 14.5. The first-order valence-corrected chi connectivity index (χ1v) is 8.34. The van der Waals surface area contributed by atoms with Crippen molar-refractivity contribution in [2.24, 2.45) is 0 Å². The maximum Gasteiger partial charge on any atom is 0.168 e. The fourth-order valence-electron chi connectivity index (χ4n) is 2.00. The van der Waals surface area contributed by atoms with Gasteiger partial charge in [0, 0.05) is 21.8 Å². The van der Waals surface area contributed by atoms with Gasteiger partial charge in [-0.15, -0.1) is 11.3 Å². The summed E-state index contributed by atoms with van der Waals surface area (Å²) in [5, 5.41) is 0. The highest BCUT2D eigenvalue weighted by Crippen LogP contribution is 2.33. The highest BCUT2D eigenvalue weighted by molar-refractivity contribution is 8.01. The molecule has 0 unspecified atom stereocenters. The van der Waals surface area contributed by atoms with E-state index in [2.05, 4.69) is 24.3 Å². The molecule has 0 saturated carbocycles. The highest BCUT2D eigenvalue weighted by atomic mass is 32.2. The van der Waals surface area contributed by atoms with Crippen LogP contribution >= 0.6 is 23.1 Å². The minimum atomic E-state index is 0.175. The number of thiophene rings is 1. The monoisotopic (exact) mass is 310 g/mol. The van der Waals surface area contributed by atoms with Crippen molar-refractivity contribution in [2.45, 2.75) is 15.5 Å². The molecule has 3 aromatic rings. The van der Waals surface area contributed by atoms with E-state index in [1.165, 1.54) is 9.10 Å². The highest BCUT2D eigenvalue weighted by Gasteiger charge is 2.09. The molecule has 1 nitrogen and oxygen atoms in total. The zero-order valence-corrected chi connectivity index (χ0v) is 13.0. The Hall–Kier alpha value is -1.84. The van der Waals surface area contributed by atoms with E-state index < -0.39 is 0 Å². The molecule has 2 aromatic carbocycles. The molecule has 21 heavy (non-hydrogen) atoms. The van der Waals surface area contributed by atoms with Gasteiger partial charge >= 0.3 is 0 Å². The van der Waals surface area contributed by atoms with Crippen LogP contribution in [0.1, 0.15) is 15.2 Å². The molecule has 3 heteroatoms. The lowest BCUT2D eigenvalue weighted by molar-refractivity contribution is 0.0994. The molecular weight excluding hydrogens is 296 g/mol. The summed E-state index contributed by atoms with van der Waals surface area (Å²) in [6, 6.07) is 23.9. The molecule has 1 aromatic heterocycles. The molecular formula is C18H14OS2. The van der Waals surface area contributed by atoms with Crippen LogP contribution in [0.5, 0.6) is 0 Å². The van der Waals surface area contributed by atoms with Gasteiger partial charge in [0.05, 0.1) is 4.21 Å². The Labute approximate surface area is 132 Å². The molecule has 0 aliphatic heterocycles. The van der Waals surface area contributed by atoms with E-state index in [9.17, 15) is 4.79 Å². The van der Waals surface area contributed by atoms with Gasteiger partial charge in [-0.1, -0.05) is 60.3 Å². The first-order valence-electron chi connectivity index (χ1n) is 6.71. The molecule has 0 saturated heterocycles. The van der Waals surface area contributed by atoms with Crippen LogP contribution in [0.25, 0.3) is 0 Å². The SMILES string of the molecule is O=C(Cc1ccc(Sc2ccccc2)s1)c1ccccc1. The number of ketones is 1. The number of Topliss-reactive ketones (excluding diaryl/α,β-unsaturated/α-hetero) is 1. The summed E-state index contributed by atoms with van der Waals surface area (Å²) in [6.07, 6.45) is 0.476. The molecule has 0 aliphatic rings.